The molecule has 188 valence electrons. The van der Waals surface area contributed by atoms with Crippen LogP contribution in [0.4, 0.5) is 34.9 Å². The number of rotatable bonds is 9. The van der Waals surface area contributed by atoms with E-state index < -0.39 is 46.6 Å². The highest BCUT2D eigenvalue weighted by Gasteiger charge is 2.21. The van der Waals surface area contributed by atoms with Crippen LogP contribution in [0.3, 0.4) is 0 Å². The number of nitrogens with one attached hydrogen (secondary N) is 3. The third-order valence-corrected chi connectivity index (χ3v) is 6.34. The summed E-state index contributed by atoms with van der Waals surface area (Å²) in [6, 6.07) is 8.50. The molecule has 0 fully saturated rings. The van der Waals surface area contributed by atoms with Crippen molar-refractivity contribution in [3.63, 3.8) is 0 Å². The van der Waals surface area contributed by atoms with Crippen LogP contribution in [-0.4, -0.2) is 63.4 Å². The Hall–Kier alpha value is -3.58. The van der Waals surface area contributed by atoms with Gasteiger partial charge in [0.2, 0.25) is 28.7 Å². The molecule has 15 nitrogen and oxygen atoms in total. The Morgan fingerprint density at radius 2 is 1.46 bits per heavy atom. The number of thiol groups is 1. The average Bonchev–Trinajstić information content (AvgIpc) is 2.72. The average molecular weight is 546 g/mol. The lowest BCUT2D eigenvalue weighted by atomic mass is 10.3. The number of nitrogens with zero attached hydrogens (tertiary/aromatic N) is 4. The van der Waals surface area contributed by atoms with E-state index in [0.29, 0.717) is 5.69 Å². The molecule has 5 N–H and O–H groups in total. The van der Waals surface area contributed by atoms with E-state index in [9.17, 15) is 34.4 Å². The van der Waals surface area contributed by atoms with Crippen LogP contribution in [0.5, 0.6) is 0 Å². The lowest BCUT2D eigenvalue weighted by Crippen LogP contribution is -2.16. The third-order valence-electron chi connectivity index (χ3n) is 4.14. The Morgan fingerprint density at radius 3 is 2.03 bits per heavy atom. The first-order valence-electron chi connectivity index (χ1n) is 9.30. The summed E-state index contributed by atoms with van der Waals surface area (Å²) in [4.78, 5) is 12.6. The quantitative estimate of drug-likeness (QED) is 0.162. The maximum atomic E-state index is 11.8. The van der Waals surface area contributed by atoms with Crippen molar-refractivity contribution in [2.24, 2.45) is 0 Å². The van der Waals surface area contributed by atoms with E-state index in [1.54, 1.807) is 26.2 Å². The van der Waals surface area contributed by atoms with Gasteiger partial charge < -0.3 is 15.5 Å². The van der Waals surface area contributed by atoms with E-state index >= 15 is 0 Å². The van der Waals surface area contributed by atoms with Crippen molar-refractivity contribution in [2.45, 2.75) is 9.79 Å². The highest BCUT2D eigenvalue weighted by atomic mass is 32.2. The lowest BCUT2D eigenvalue weighted by Gasteiger charge is -2.15. The van der Waals surface area contributed by atoms with Gasteiger partial charge in [-0.25, -0.2) is 8.42 Å². The van der Waals surface area contributed by atoms with Crippen LogP contribution >= 0.6 is 0 Å². The van der Waals surface area contributed by atoms with Crippen LogP contribution in [0.15, 0.2) is 52.3 Å². The molecule has 1 heterocycles. The highest BCUT2D eigenvalue weighted by Crippen LogP contribution is 2.28. The maximum Gasteiger partial charge on any atom is 0.296 e. The molecule has 0 saturated heterocycles. The second-order valence-electron chi connectivity index (χ2n) is 6.98. The predicted octanol–water partition coefficient (Wildman–Crippen LogP) is 0.856. The SMILES string of the molecule is CN(C)c1nc(Nc2cccc(N[SH](=O)=O)c2)nc(Nc2cc(S(=O)(=O)O)ccc2S(=O)(=O)O)n1. The molecule has 1 aromatic heterocycles. The summed E-state index contributed by atoms with van der Waals surface area (Å²) in [6.45, 7) is 0. The van der Waals surface area contributed by atoms with Gasteiger partial charge in [-0.2, -0.15) is 31.8 Å². The van der Waals surface area contributed by atoms with Crippen molar-refractivity contribution in [1.29, 1.82) is 0 Å². The van der Waals surface area contributed by atoms with Gasteiger partial charge in [-0.1, -0.05) is 6.07 Å². The van der Waals surface area contributed by atoms with Crippen molar-refractivity contribution < 1.29 is 34.4 Å². The minimum atomic E-state index is -4.81. The lowest BCUT2D eigenvalue weighted by molar-refractivity contribution is 0.479. The molecule has 3 rings (SSSR count). The van der Waals surface area contributed by atoms with Crippen LogP contribution in [-0.2, 0) is 31.1 Å². The van der Waals surface area contributed by atoms with Gasteiger partial charge in [0.25, 0.3) is 20.2 Å². The minimum Gasteiger partial charge on any atom is -0.347 e. The van der Waals surface area contributed by atoms with E-state index in [2.05, 4.69) is 30.3 Å². The summed E-state index contributed by atoms with van der Waals surface area (Å²) in [5.74, 6) is -0.198. The molecule has 0 aliphatic carbocycles. The summed E-state index contributed by atoms with van der Waals surface area (Å²) in [7, 11) is -9.17. The van der Waals surface area contributed by atoms with Gasteiger partial charge in [0, 0.05) is 19.8 Å². The molecule has 0 unspecified atom stereocenters. The van der Waals surface area contributed by atoms with E-state index in [4.69, 9.17) is 0 Å². The Balaban J connectivity index is 2.06. The van der Waals surface area contributed by atoms with Crippen molar-refractivity contribution in [2.75, 3.05) is 34.4 Å². The van der Waals surface area contributed by atoms with Crippen LogP contribution in [0.25, 0.3) is 0 Å². The van der Waals surface area contributed by atoms with E-state index in [-0.39, 0.29) is 23.5 Å². The van der Waals surface area contributed by atoms with Crippen molar-refractivity contribution in [3.05, 3.63) is 42.5 Å². The number of hydrogen-bond acceptors (Lipinski definition) is 12. The Kier molecular flexibility index (Phi) is 7.41. The standard InChI is InChI=1S/C17H19N7O8S3/c1-24(2)17-21-15(18-10-4-3-5-11(8-10)23-33(25)26)20-16(22-17)19-13-9-12(34(27,28)29)6-7-14(13)35(30,31)32/h3-9,33H,1-2H3,(H,23,25,26)(H,27,28,29)(H,30,31,32)(H2,18,19,20,21,22). The molecule has 0 aliphatic heterocycles. The van der Waals surface area contributed by atoms with Crippen LogP contribution < -0.4 is 20.3 Å². The third kappa shape index (κ3) is 6.96. The van der Waals surface area contributed by atoms with Gasteiger partial charge in [-0.05, 0) is 36.4 Å². The second kappa shape index (κ2) is 9.96. The molecule has 0 saturated carbocycles. The Labute approximate surface area is 201 Å². The van der Waals surface area contributed by atoms with E-state index in [1.165, 1.54) is 17.0 Å². The molecule has 3 aromatic rings. The van der Waals surface area contributed by atoms with Gasteiger partial charge in [-0.3, -0.25) is 13.8 Å². The number of hydrogen-bond donors (Lipinski definition) is 6. The fraction of sp³-hybridized carbons (Fsp3) is 0.118. The van der Waals surface area contributed by atoms with Crippen molar-refractivity contribution in [1.82, 2.24) is 15.0 Å². The topological polar surface area (TPSA) is 221 Å². The first kappa shape index (κ1) is 26.0. The van der Waals surface area contributed by atoms with Crippen molar-refractivity contribution >= 4 is 66.0 Å². The zero-order valence-electron chi connectivity index (χ0n) is 17.9. The van der Waals surface area contributed by atoms with Crippen LogP contribution in [0.2, 0.25) is 0 Å². The predicted molar refractivity (Wildman–Crippen MR) is 127 cm³/mol. The summed E-state index contributed by atoms with van der Waals surface area (Å²) in [5, 5.41) is 5.36. The van der Waals surface area contributed by atoms with Crippen LogP contribution in [0.1, 0.15) is 0 Å². The molecule has 2 aromatic carbocycles. The molecule has 0 bridgehead atoms. The Morgan fingerprint density at radius 1 is 0.829 bits per heavy atom. The zero-order chi connectivity index (χ0) is 26.0. The summed E-state index contributed by atoms with van der Waals surface area (Å²) in [6.07, 6.45) is 0. The number of aromatic nitrogens is 3. The van der Waals surface area contributed by atoms with Gasteiger partial charge in [0.15, 0.2) is 0 Å². The van der Waals surface area contributed by atoms with Crippen LogP contribution in [0, 0.1) is 0 Å². The van der Waals surface area contributed by atoms with Gasteiger partial charge in [-0.15, -0.1) is 0 Å². The molecule has 35 heavy (non-hydrogen) atoms. The smallest absolute Gasteiger partial charge is 0.296 e. The molecule has 0 aliphatic rings. The van der Waals surface area contributed by atoms with Crippen molar-refractivity contribution in [3.8, 4) is 0 Å². The number of anilines is 6. The largest absolute Gasteiger partial charge is 0.347 e. The first-order chi connectivity index (χ1) is 16.2. The molecular formula is C17H19N7O8S3. The minimum absolute atomic E-state index is 0.0470. The van der Waals surface area contributed by atoms with Gasteiger partial charge in [0.05, 0.1) is 16.3 Å². The highest BCUT2D eigenvalue weighted by molar-refractivity contribution is 7.86. The monoisotopic (exact) mass is 545 g/mol. The molecule has 0 atom stereocenters. The van der Waals surface area contributed by atoms with Gasteiger partial charge >= 0.3 is 0 Å². The molecule has 18 heteroatoms. The Bertz CT molecular complexity index is 1550. The van der Waals surface area contributed by atoms with E-state index in [1.807, 2.05) is 0 Å². The van der Waals surface area contributed by atoms with E-state index in [0.717, 1.165) is 18.2 Å². The normalized spacial score (nSPS) is 11.8. The summed E-state index contributed by atoms with van der Waals surface area (Å²) < 4.78 is 89.4. The fourth-order valence-electron chi connectivity index (χ4n) is 2.69. The molecule has 0 spiro atoms. The summed E-state index contributed by atoms with van der Waals surface area (Å²) >= 11 is 0. The summed E-state index contributed by atoms with van der Waals surface area (Å²) in [5.41, 5.74) is 0.224. The fourth-order valence-corrected chi connectivity index (χ4v) is 4.17. The number of benzene rings is 2. The molecule has 0 radical (unpaired) electrons. The second-order valence-corrected chi connectivity index (χ2v) is 10.5. The van der Waals surface area contributed by atoms with Gasteiger partial charge in [0.1, 0.15) is 4.90 Å². The molecular weight excluding hydrogens is 526 g/mol. The zero-order valence-corrected chi connectivity index (χ0v) is 20.5. The molecule has 0 amide bonds. The maximum absolute atomic E-state index is 11.8. The first-order valence-corrected chi connectivity index (χ1v) is 13.4.